The summed E-state index contributed by atoms with van der Waals surface area (Å²) in [6.07, 6.45) is 5.54. The molecule has 1 heterocycles. The summed E-state index contributed by atoms with van der Waals surface area (Å²) in [6.45, 7) is 7.75. The summed E-state index contributed by atoms with van der Waals surface area (Å²) in [5, 5.41) is -0.574. The predicted octanol–water partition coefficient (Wildman–Crippen LogP) is 4.38. The molecule has 1 amide bonds. The molecule has 2 aromatic carbocycles. The van der Waals surface area contributed by atoms with E-state index in [0.29, 0.717) is 10.7 Å². The third-order valence-electron chi connectivity index (χ3n) is 4.85. The second kappa shape index (κ2) is 8.58. The number of fused-ring (bicyclic) bond motifs is 1. The summed E-state index contributed by atoms with van der Waals surface area (Å²) in [5.74, 6) is 2.49. The number of rotatable bonds is 5. The molecule has 0 radical (unpaired) electrons. The van der Waals surface area contributed by atoms with Gasteiger partial charge in [-0.3, -0.25) is 4.79 Å². The van der Waals surface area contributed by atoms with Crippen LogP contribution in [0.25, 0.3) is 10.2 Å². The third kappa shape index (κ3) is 4.25. The molecule has 0 fully saturated rings. The lowest BCUT2D eigenvalue weighted by atomic mass is 10.0. The fourth-order valence-corrected chi connectivity index (χ4v) is 5.19. The fraction of sp³-hybridized carbons (Fsp3) is 0.304. The van der Waals surface area contributed by atoms with Crippen LogP contribution >= 0.6 is 11.3 Å². The fourth-order valence-electron chi connectivity index (χ4n) is 3.01. The Labute approximate surface area is 181 Å². The van der Waals surface area contributed by atoms with Crippen LogP contribution in [-0.4, -0.2) is 24.1 Å². The monoisotopic (exact) mass is 440 g/mol. The third-order valence-corrected chi connectivity index (χ3v) is 8.04. The van der Waals surface area contributed by atoms with Crippen molar-refractivity contribution in [3.8, 4) is 12.3 Å². The van der Waals surface area contributed by atoms with E-state index in [4.69, 9.17) is 6.42 Å². The Kier molecular flexibility index (Phi) is 6.30. The lowest BCUT2D eigenvalue weighted by molar-refractivity contribution is 0.0997. The molecule has 0 spiro atoms. The summed E-state index contributed by atoms with van der Waals surface area (Å²) < 4.78 is 27.7. The lowest BCUT2D eigenvalue weighted by Gasteiger charge is -2.08. The van der Waals surface area contributed by atoms with E-state index in [2.05, 4.69) is 36.9 Å². The van der Waals surface area contributed by atoms with Crippen molar-refractivity contribution in [1.29, 1.82) is 0 Å². The Hall–Kier alpha value is -2.69. The van der Waals surface area contributed by atoms with Gasteiger partial charge in [0.1, 0.15) is 0 Å². The van der Waals surface area contributed by atoms with Gasteiger partial charge in [0, 0.05) is 5.56 Å². The highest BCUT2D eigenvalue weighted by Crippen LogP contribution is 2.24. The van der Waals surface area contributed by atoms with E-state index in [1.165, 1.54) is 29.0 Å². The summed E-state index contributed by atoms with van der Waals surface area (Å²) in [6, 6.07) is 12.2. The second-order valence-electron chi connectivity index (χ2n) is 7.60. The number of thiazole rings is 1. The van der Waals surface area contributed by atoms with Crippen LogP contribution in [-0.2, 0) is 16.4 Å². The molecule has 0 saturated carbocycles. The van der Waals surface area contributed by atoms with Crippen molar-refractivity contribution in [2.75, 3.05) is 0 Å². The lowest BCUT2D eigenvalue weighted by Crippen LogP contribution is -2.17. The van der Waals surface area contributed by atoms with E-state index in [1.807, 2.05) is 10.6 Å². The van der Waals surface area contributed by atoms with Crippen molar-refractivity contribution >= 4 is 37.3 Å². The topological polar surface area (TPSA) is 68.5 Å². The molecule has 156 valence electrons. The number of benzene rings is 2. The smallest absolute Gasteiger partial charge is 0.279 e. The molecule has 5 nitrogen and oxygen atoms in total. The normalized spacial score (nSPS) is 12.6. The molecule has 0 unspecified atom stereocenters. The van der Waals surface area contributed by atoms with Crippen molar-refractivity contribution in [3.05, 3.63) is 58.4 Å². The zero-order valence-corrected chi connectivity index (χ0v) is 19.0. The highest BCUT2D eigenvalue weighted by Gasteiger charge is 2.20. The summed E-state index contributed by atoms with van der Waals surface area (Å²) >= 11 is 1.39. The van der Waals surface area contributed by atoms with E-state index >= 15 is 0 Å². The van der Waals surface area contributed by atoms with Crippen molar-refractivity contribution in [2.24, 2.45) is 4.99 Å². The van der Waals surface area contributed by atoms with E-state index in [0.717, 1.165) is 10.2 Å². The molecule has 0 aliphatic heterocycles. The first kappa shape index (κ1) is 22.0. The number of sulfone groups is 1. The van der Waals surface area contributed by atoms with Gasteiger partial charge in [0.2, 0.25) is 0 Å². The Morgan fingerprint density at radius 1 is 1.17 bits per heavy atom. The SMILES string of the molecule is C#CCn1c(=NC(=O)c2cccc(S(=O)(=O)C(C)C)c2)sc2cc(C(C)C)ccc21. The Bertz CT molecular complexity index is 1320. The van der Waals surface area contributed by atoms with Crippen LogP contribution in [0.15, 0.2) is 52.4 Å². The van der Waals surface area contributed by atoms with E-state index < -0.39 is 21.0 Å². The minimum Gasteiger partial charge on any atom is -0.305 e. The molecular formula is C23H24N2O3S2. The first-order valence-corrected chi connectivity index (χ1v) is 12.0. The van der Waals surface area contributed by atoms with Gasteiger partial charge in [-0.05, 0) is 55.7 Å². The molecule has 30 heavy (non-hydrogen) atoms. The van der Waals surface area contributed by atoms with Gasteiger partial charge in [-0.15, -0.1) is 6.42 Å². The highest BCUT2D eigenvalue weighted by atomic mass is 32.2. The number of aromatic nitrogens is 1. The molecule has 0 saturated heterocycles. The van der Waals surface area contributed by atoms with E-state index in [1.54, 1.807) is 26.0 Å². The Morgan fingerprint density at radius 2 is 1.90 bits per heavy atom. The Balaban J connectivity index is 2.12. The van der Waals surface area contributed by atoms with Crippen LogP contribution < -0.4 is 4.80 Å². The Morgan fingerprint density at radius 3 is 2.53 bits per heavy atom. The van der Waals surface area contributed by atoms with Crippen LogP contribution in [0.2, 0.25) is 0 Å². The van der Waals surface area contributed by atoms with Crippen molar-refractivity contribution in [1.82, 2.24) is 4.57 Å². The number of hydrogen-bond acceptors (Lipinski definition) is 4. The number of hydrogen-bond donors (Lipinski definition) is 0. The van der Waals surface area contributed by atoms with Crippen LogP contribution in [0.5, 0.6) is 0 Å². The molecule has 3 rings (SSSR count). The standard InChI is InChI=1S/C23H24N2O3S2/c1-6-12-25-20-11-10-17(15(2)3)14-21(20)29-23(25)24-22(26)18-8-7-9-19(13-18)30(27,28)16(4)5/h1,7-11,13-16H,12H2,2-5H3. The molecule has 7 heteroatoms. The van der Waals surface area contributed by atoms with Crippen molar-refractivity contribution in [3.63, 3.8) is 0 Å². The average Bonchev–Trinajstić information content (AvgIpc) is 3.04. The van der Waals surface area contributed by atoms with Gasteiger partial charge in [-0.25, -0.2) is 8.42 Å². The summed E-state index contributed by atoms with van der Waals surface area (Å²) in [4.78, 5) is 17.7. The highest BCUT2D eigenvalue weighted by molar-refractivity contribution is 7.92. The predicted molar refractivity (Wildman–Crippen MR) is 121 cm³/mol. The first-order chi connectivity index (χ1) is 14.1. The number of nitrogens with zero attached hydrogens (tertiary/aromatic N) is 2. The molecule has 0 bridgehead atoms. The van der Waals surface area contributed by atoms with Gasteiger partial charge in [0.15, 0.2) is 14.6 Å². The van der Waals surface area contributed by atoms with Crippen LogP contribution in [0.3, 0.4) is 0 Å². The van der Waals surface area contributed by atoms with Gasteiger partial charge < -0.3 is 4.57 Å². The number of carbonyl (C=O) groups is 1. The quantitative estimate of drug-likeness (QED) is 0.553. The average molecular weight is 441 g/mol. The maximum Gasteiger partial charge on any atom is 0.279 e. The molecule has 0 aliphatic rings. The summed E-state index contributed by atoms with van der Waals surface area (Å²) in [7, 11) is -3.48. The molecule has 0 N–H and O–H groups in total. The van der Waals surface area contributed by atoms with Crippen LogP contribution in [0.1, 0.15) is 49.5 Å². The van der Waals surface area contributed by atoms with Gasteiger partial charge in [0.05, 0.1) is 26.9 Å². The molecule has 1 aromatic heterocycles. The van der Waals surface area contributed by atoms with Gasteiger partial charge in [-0.2, -0.15) is 4.99 Å². The van der Waals surface area contributed by atoms with Crippen molar-refractivity contribution < 1.29 is 13.2 Å². The second-order valence-corrected chi connectivity index (χ2v) is 11.1. The maximum absolute atomic E-state index is 12.9. The molecule has 0 atom stereocenters. The van der Waals surface area contributed by atoms with Gasteiger partial charge in [0.25, 0.3) is 5.91 Å². The minimum absolute atomic E-state index is 0.118. The van der Waals surface area contributed by atoms with E-state index in [-0.39, 0.29) is 17.0 Å². The van der Waals surface area contributed by atoms with Gasteiger partial charge in [-0.1, -0.05) is 43.2 Å². The van der Waals surface area contributed by atoms with E-state index in [9.17, 15) is 13.2 Å². The number of terminal acetylenes is 1. The number of amides is 1. The summed E-state index contributed by atoms with van der Waals surface area (Å²) in [5.41, 5.74) is 2.34. The molecule has 0 aliphatic carbocycles. The number of carbonyl (C=O) groups excluding carboxylic acids is 1. The van der Waals surface area contributed by atoms with Crippen molar-refractivity contribution in [2.45, 2.75) is 50.3 Å². The zero-order valence-electron chi connectivity index (χ0n) is 17.4. The largest absolute Gasteiger partial charge is 0.305 e. The molecular weight excluding hydrogens is 416 g/mol. The molecule has 3 aromatic rings. The zero-order chi connectivity index (χ0) is 22.1. The minimum atomic E-state index is -3.48. The van der Waals surface area contributed by atoms with Gasteiger partial charge >= 0.3 is 0 Å². The van der Waals surface area contributed by atoms with Crippen LogP contribution in [0.4, 0.5) is 0 Å². The maximum atomic E-state index is 12.9. The first-order valence-electron chi connectivity index (χ1n) is 9.65. The van der Waals surface area contributed by atoms with Crippen LogP contribution in [0, 0.1) is 12.3 Å².